The Morgan fingerprint density at radius 2 is 1.70 bits per heavy atom. The molecule has 0 aliphatic heterocycles. The van der Waals surface area contributed by atoms with Crippen molar-refractivity contribution in [3.63, 3.8) is 0 Å². The van der Waals surface area contributed by atoms with Crippen LogP contribution in [0, 0.1) is 11.3 Å². The maximum absolute atomic E-state index is 3.68. The normalized spacial score (nSPS) is 21.2. The van der Waals surface area contributed by atoms with Crippen LogP contribution in [0.15, 0.2) is 93.4 Å². The van der Waals surface area contributed by atoms with Crippen LogP contribution in [0.5, 0.6) is 0 Å². The fourth-order valence-electron chi connectivity index (χ4n) is 3.83. The second kappa shape index (κ2) is 7.13. The molecule has 4 rings (SSSR count). The average molecular weight is 389 g/mol. The van der Waals surface area contributed by atoms with E-state index in [1.807, 2.05) is 22.7 Å². The average Bonchev–Trinajstić information content (AvgIpc) is 3.36. The van der Waals surface area contributed by atoms with Crippen molar-refractivity contribution < 1.29 is 0 Å². The molecule has 0 amide bonds. The molecule has 0 saturated heterocycles. The molecule has 0 nitrogen and oxygen atoms in total. The molecule has 2 aromatic rings. The van der Waals surface area contributed by atoms with Crippen molar-refractivity contribution in [2.75, 3.05) is 0 Å². The predicted octanol–water partition coefficient (Wildman–Crippen LogP) is 7.81. The van der Waals surface area contributed by atoms with E-state index in [2.05, 4.69) is 98.8 Å². The van der Waals surface area contributed by atoms with Gasteiger partial charge in [-0.15, -0.1) is 28.4 Å². The lowest BCUT2D eigenvalue weighted by Crippen LogP contribution is -2.12. The van der Waals surface area contributed by atoms with E-state index in [4.69, 9.17) is 0 Å². The number of fused-ring (bicyclic) bond motifs is 1. The van der Waals surface area contributed by atoms with E-state index in [0.29, 0.717) is 5.92 Å². The van der Waals surface area contributed by atoms with E-state index in [9.17, 15) is 0 Å². The summed E-state index contributed by atoms with van der Waals surface area (Å²) < 4.78 is 0. The van der Waals surface area contributed by atoms with E-state index in [-0.39, 0.29) is 5.41 Å². The second-order valence-corrected chi connectivity index (χ2v) is 9.56. The summed E-state index contributed by atoms with van der Waals surface area (Å²) in [5.41, 5.74) is 10.1. The van der Waals surface area contributed by atoms with Crippen molar-refractivity contribution in [2.45, 2.75) is 27.7 Å². The van der Waals surface area contributed by atoms with E-state index in [0.717, 1.165) is 0 Å². The van der Waals surface area contributed by atoms with Gasteiger partial charge in [-0.2, -0.15) is 0 Å². The summed E-state index contributed by atoms with van der Waals surface area (Å²) >= 11 is 3.62. The summed E-state index contributed by atoms with van der Waals surface area (Å²) in [6.07, 6.45) is 11.5. The molecule has 2 aliphatic carbocycles. The van der Waals surface area contributed by atoms with Crippen LogP contribution in [0.3, 0.4) is 0 Å². The van der Waals surface area contributed by atoms with Crippen molar-refractivity contribution in [3.05, 3.63) is 103 Å². The molecule has 0 bridgehead atoms. The van der Waals surface area contributed by atoms with Gasteiger partial charge in [0.15, 0.2) is 0 Å². The van der Waals surface area contributed by atoms with Gasteiger partial charge in [0.25, 0.3) is 0 Å². The Bertz CT molecular complexity index is 992. The quantitative estimate of drug-likeness (QED) is 0.468. The highest BCUT2D eigenvalue weighted by Crippen LogP contribution is 2.47. The predicted molar refractivity (Wildman–Crippen MR) is 120 cm³/mol. The van der Waals surface area contributed by atoms with Crippen molar-refractivity contribution in [1.82, 2.24) is 0 Å². The van der Waals surface area contributed by atoms with Crippen LogP contribution in [0.1, 0.15) is 37.4 Å². The molecule has 0 radical (unpaired) electrons. The van der Waals surface area contributed by atoms with Gasteiger partial charge in [-0.3, -0.25) is 0 Å². The Hall–Kier alpha value is -2.12. The molecule has 2 heterocycles. The highest BCUT2D eigenvalue weighted by atomic mass is 32.1. The highest BCUT2D eigenvalue weighted by Gasteiger charge is 2.33. The van der Waals surface area contributed by atoms with Gasteiger partial charge in [0.1, 0.15) is 0 Å². The summed E-state index contributed by atoms with van der Waals surface area (Å²) in [6, 6.07) is 8.71. The summed E-state index contributed by atoms with van der Waals surface area (Å²) in [7, 11) is 0. The Balaban J connectivity index is 1.89. The fraction of sp³-hybridized carbons (Fsp3) is 0.240. The second-order valence-electron chi connectivity index (χ2n) is 7.67. The van der Waals surface area contributed by atoms with Gasteiger partial charge in [-0.1, -0.05) is 50.3 Å². The summed E-state index contributed by atoms with van der Waals surface area (Å²) in [4.78, 5) is 2.65. The fourth-order valence-corrected chi connectivity index (χ4v) is 5.41. The van der Waals surface area contributed by atoms with Gasteiger partial charge in [-0.25, -0.2) is 0 Å². The monoisotopic (exact) mass is 388 g/mol. The molecule has 2 aliphatic rings. The van der Waals surface area contributed by atoms with Gasteiger partial charge in [0, 0.05) is 26.3 Å². The zero-order valence-electron chi connectivity index (χ0n) is 16.2. The maximum Gasteiger partial charge on any atom is 0.0354 e. The molecular weight excluding hydrogens is 364 g/mol. The number of rotatable bonds is 4. The van der Waals surface area contributed by atoms with E-state index in [1.165, 1.54) is 37.6 Å². The van der Waals surface area contributed by atoms with Crippen molar-refractivity contribution in [3.8, 4) is 0 Å². The van der Waals surface area contributed by atoms with Crippen LogP contribution in [0.2, 0.25) is 0 Å². The van der Waals surface area contributed by atoms with Crippen molar-refractivity contribution >= 4 is 28.2 Å². The van der Waals surface area contributed by atoms with E-state index in [1.54, 1.807) is 0 Å². The summed E-state index contributed by atoms with van der Waals surface area (Å²) in [5.74, 6) is 0.476. The highest BCUT2D eigenvalue weighted by molar-refractivity contribution is 7.13. The zero-order chi connectivity index (χ0) is 19.0. The SMILES string of the molecule is CC1=C2C(=C=C(C(C)C)C=C1)C=CC2(C)C=C(c1cccs1)c1cccs1. The Morgan fingerprint density at radius 1 is 1.04 bits per heavy atom. The Labute approximate surface area is 170 Å². The first-order valence-electron chi connectivity index (χ1n) is 9.38. The van der Waals surface area contributed by atoms with E-state index < -0.39 is 0 Å². The first-order chi connectivity index (χ1) is 13.0. The van der Waals surface area contributed by atoms with Gasteiger partial charge in [0.2, 0.25) is 0 Å². The Morgan fingerprint density at radius 3 is 2.26 bits per heavy atom. The van der Waals surface area contributed by atoms with Crippen LogP contribution in [0.25, 0.3) is 5.57 Å². The molecule has 2 heteroatoms. The zero-order valence-corrected chi connectivity index (χ0v) is 17.9. The molecule has 0 saturated carbocycles. The van der Waals surface area contributed by atoms with Gasteiger partial charge < -0.3 is 0 Å². The number of thiophene rings is 2. The van der Waals surface area contributed by atoms with Gasteiger partial charge in [0.05, 0.1) is 0 Å². The largest absolute Gasteiger partial charge is 0.144 e. The lowest BCUT2D eigenvalue weighted by molar-refractivity contribution is 0.690. The standard InChI is InChI=1S/C25H24S2/c1-17(2)19-10-9-18(3)24-20(15-19)11-12-25(24,4)16-21(22-7-5-13-26-22)23-8-6-14-27-23/h5-14,16-17H,1-4H3. The van der Waals surface area contributed by atoms with Crippen LogP contribution in [-0.2, 0) is 0 Å². The number of hydrogen-bond acceptors (Lipinski definition) is 2. The van der Waals surface area contributed by atoms with Crippen LogP contribution < -0.4 is 0 Å². The molecule has 27 heavy (non-hydrogen) atoms. The lowest BCUT2D eigenvalue weighted by Gasteiger charge is -2.24. The summed E-state index contributed by atoms with van der Waals surface area (Å²) in [6.45, 7) is 9.02. The minimum Gasteiger partial charge on any atom is -0.144 e. The molecule has 2 aromatic heterocycles. The lowest BCUT2D eigenvalue weighted by atomic mass is 9.79. The minimum atomic E-state index is -0.132. The third-order valence-electron chi connectivity index (χ3n) is 5.23. The molecule has 136 valence electrons. The van der Waals surface area contributed by atoms with Crippen LogP contribution in [-0.4, -0.2) is 0 Å². The van der Waals surface area contributed by atoms with Crippen LogP contribution >= 0.6 is 22.7 Å². The molecule has 0 aromatic carbocycles. The molecule has 0 fully saturated rings. The van der Waals surface area contributed by atoms with Gasteiger partial charge >= 0.3 is 0 Å². The number of hydrogen-bond donors (Lipinski definition) is 0. The van der Waals surface area contributed by atoms with Crippen molar-refractivity contribution in [1.29, 1.82) is 0 Å². The third-order valence-corrected chi connectivity index (χ3v) is 7.04. The maximum atomic E-state index is 3.68. The topological polar surface area (TPSA) is 0 Å². The Kier molecular flexibility index (Phi) is 4.82. The molecule has 0 N–H and O–H groups in total. The summed E-state index contributed by atoms with van der Waals surface area (Å²) in [5, 5.41) is 4.32. The molecule has 1 unspecified atom stereocenters. The molecule has 1 atom stereocenters. The molecular formula is C25H24S2. The first-order valence-corrected chi connectivity index (χ1v) is 11.1. The van der Waals surface area contributed by atoms with Gasteiger partial charge in [-0.05, 0) is 65.5 Å². The minimum absolute atomic E-state index is 0.132. The van der Waals surface area contributed by atoms with E-state index >= 15 is 0 Å². The van der Waals surface area contributed by atoms with Crippen LogP contribution in [0.4, 0.5) is 0 Å². The number of allylic oxidation sites excluding steroid dienone is 8. The molecule has 0 spiro atoms. The first kappa shape index (κ1) is 18.3. The third kappa shape index (κ3) is 3.41. The van der Waals surface area contributed by atoms with Crippen molar-refractivity contribution in [2.24, 2.45) is 11.3 Å². The smallest absolute Gasteiger partial charge is 0.0354 e.